The van der Waals surface area contributed by atoms with Crippen LogP contribution in [0.15, 0.2) is 24.3 Å². The highest BCUT2D eigenvalue weighted by Gasteiger charge is 2.24. The Kier molecular flexibility index (Phi) is 4.81. The number of rotatable bonds is 4. The molecule has 0 radical (unpaired) electrons. The number of hydrogen-bond donors (Lipinski definition) is 1. The molecule has 1 N–H and O–H groups in total. The number of hydrogen-bond acceptors (Lipinski definition) is 3. The van der Waals surface area contributed by atoms with E-state index in [2.05, 4.69) is 18.3 Å². The fourth-order valence-electron chi connectivity index (χ4n) is 2.81. The number of benzene rings is 1. The van der Waals surface area contributed by atoms with Crippen LogP contribution < -0.4 is 10.1 Å². The quantitative estimate of drug-likeness (QED) is 0.900. The molecule has 0 heterocycles. The van der Waals surface area contributed by atoms with Crippen LogP contribution >= 0.6 is 0 Å². The van der Waals surface area contributed by atoms with Gasteiger partial charge in [0.25, 0.3) is 0 Å². The van der Waals surface area contributed by atoms with Gasteiger partial charge in [-0.05, 0) is 36.5 Å². The molecule has 2 rings (SSSR count). The van der Waals surface area contributed by atoms with Gasteiger partial charge in [-0.25, -0.2) is 0 Å². The summed E-state index contributed by atoms with van der Waals surface area (Å²) in [4.78, 5) is 0. The molecule has 0 saturated heterocycles. The lowest BCUT2D eigenvalue weighted by Crippen LogP contribution is -2.39. The van der Waals surface area contributed by atoms with E-state index in [9.17, 15) is 5.26 Å². The fourth-order valence-corrected chi connectivity index (χ4v) is 2.81. The Labute approximate surface area is 115 Å². The van der Waals surface area contributed by atoms with Crippen molar-refractivity contribution in [3.63, 3.8) is 0 Å². The van der Waals surface area contributed by atoms with Gasteiger partial charge < -0.3 is 4.74 Å². The van der Waals surface area contributed by atoms with Gasteiger partial charge in [-0.15, -0.1) is 0 Å². The van der Waals surface area contributed by atoms with E-state index in [-0.39, 0.29) is 6.04 Å². The summed E-state index contributed by atoms with van der Waals surface area (Å²) in [7, 11) is 1.65. The molecular formula is C16H22N2O. The first-order chi connectivity index (χ1) is 9.24. The largest absolute Gasteiger partial charge is 0.497 e. The Hall–Kier alpha value is -1.53. The van der Waals surface area contributed by atoms with E-state index in [0.29, 0.717) is 12.0 Å². The smallest absolute Gasteiger partial charge is 0.121 e. The van der Waals surface area contributed by atoms with Gasteiger partial charge in [0.15, 0.2) is 0 Å². The molecule has 102 valence electrons. The van der Waals surface area contributed by atoms with Gasteiger partial charge in [0.2, 0.25) is 0 Å². The molecule has 1 aliphatic carbocycles. The SMILES string of the molecule is COc1cccc(C(C#N)NC2CCCCC2C)c1. The van der Waals surface area contributed by atoms with Gasteiger partial charge in [0.1, 0.15) is 11.8 Å². The summed E-state index contributed by atoms with van der Waals surface area (Å²) in [5.74, 6) is 1.45. The first-order valence-corrected chi connectivity index (χ1v) is 7.04. The van der Waals surface area contributed by atoms with Crippen molar-refractivity contribution in [2.24, 2.45) is 5.92 Å². The summed E-state index contributed by atoms with van der Waals surface area (Å²) in [5, 5.41) is 12.9. The average Bonchev–Trinajstić information content (AvgIpc) is 2.46. The molecular weight excluding hydrogens is 236 g/mol. The lowest BCUT2D eigenvalue weighted by atomic mass is 9.85. The van der Waals surface area contributed by atoms with E-state index in [1.54, 1.807) is 7.11 Å². The third kappa shape index (κ3) is 3.48. The number of nitrogens with one attached hydrogen (secondary N) is 1. The molecule has 1 aromatic rings. The molecule has 1 saturated carbocycles. The second-order valence-corrected chi connectivity index (χ2v) is 5.37. The van der Waals surface area contributed by atoms with Crippen molar-refractivity contribution in [2.45, 2.75) is 44.7 Å². The van der Waals surface area contributed by atoms with Crippen LogP contribution in [-0.2, 0) is 0 Å². The Balaban J connectivity index is 2.09. The molecule has 3 heteroatoms. The highest BCUT2D eigenvalue weighted by Crippen LogP contribution is 2.27. The molecule has 0 amide bonds. The minimum Gasteiger partial charge on any atom is -0.497 e. The molecule has 0 spiro atoms. The van der Waals surface area contributed by atoms with Crippen molar-refractivity contribution in [3.8, 4) is 11.8 Å². The number of nitrogens with zero attached hydrogens (tertiary/aromatic N) is 1. The molecule has 0 aliphatic heterocycles. The highest BCUT2D eigenvalue weighted by molar-refractivity contribution is 5.33. The highest BCUT2D eigenvalue weighted by atomic mass is 16.5. The van der Waals surface area contributed by atoms with E-state index < -0.39 is 0 Å². The first-order valence-electron chi connectivity index (χ1n) is 7.04. The van der Waals surface area contributed by atoms with Gasteiger partial charge >= 0.3 is 0 Å². The van der Waals surface area contributed by atoms with Crippen LogP contribution in [0.2, 0.25) is 0 Å². The van der Waals surface area contributed by atoms with Crippen molar-refractivity contribution in [2.75, 3.05) is 7.11 Å². The predicted octanol–water partition coefficient (Wildman–Crippen LogP) is 3.43. The van der Waals surface area contributed by atoms with E-state index in [1.165, 1.54) is 25.7 Å². The summed E-state index contributed by atoms with van der Waals surface area (Å²) in [6, 6.07) is 10.3. The van der Waals surface area contributed by atoms with E-state index in [4.69, 9.17) is 4.74 Å². The number of ether oxygens (including phenoxy) is 1. The molecule has 1 fully saturated rings. The van der Waals surface area contributed by atoms with E-state index in [0.717, 1.165) is 11.3 Å². The van der Waals surface area contributed by atoms with Gasteiger partial charge in [-0.3, -0.25) is 5.32 Å². The van der Waals surface area contributed by atoms with Crippen LogP contribution in [-0.4, -0.2) is 13.2 Å². The van der Waals surface area contributed by atoms with Crippen molar-refractivity contribution >= 4 is 0 Å². The van der Waals surface area contributed by atoms with Crippen molar-refractivity contribution in [1.29, 1.82) is 5.26 Å². The normalized spacial score (nSPS) is 24.5. The summed E-state index contributed by atoms with van der Waals surface area (Å²) in [5.41, 5.74) is 0.986. The Morgan fingerprint density at radius 2 is 2.16 bits per heavy atom. The summed E-state index contributed by atoms with van der Waals surface area (Å²) in [6.45, 7) is 2.27. The zero-order chi connectivity index (χ0) is 13.7. The zero-order valence-electron chi connectivity index (χ0n) is 11.7. The third-order valence-electron chi connectivity index (χ3n) is 4.05. The minimum atomic E-state index is -0.249. The number of nitriles is 1. The molecule has 3 nitrogen and oxygen atoms in total. The van der Waals surface area contributed by atoms with Crippen LogP contribution in [0.4, 0.5) is 0 Å². The molecule has 0 aromatic heterocycles. The average molecular weight is 258 g/mol. The van der Waals surface area contributed by atoms with Gasteiger partial charge in [0, 0.05) is 6.04 Å². The predicted molar refractivity (Wildman–Crippen MR) is 75.9 cm³/mol. The minimum absolute atomic E-state index is 0.249. The lowest BCUT2D eigenvalue weighted by molar-refractivity contribution is 0.271. The Morgan fingerprint density at radius 3 is 2.84 bits per heavy atom. The van der Waals surface area contributed by atoms with Crippen LogP contribution in [0.1, 0.15) is 44.2 Å². The van der Waals surface area contributed by atoms with Crippen LogP contribution in [0.5, 0.6) is 5.75 Å². The Bertz CT molecular complexity index is 452. The topological polar surface area (TPSA) is 45.0 Å². The zero-order valence-corrected chi connectivity index (χ0v) is 11.7. The summed E-state index contributed by atoms with van der Waals surface area (Å²) < 4.78 is 5.22. The van der Waals surface area contributed by atoms with Crippen molar-refractivity contribution in [3.05, 3.63) is 29.8 Å². The maximum Gasteiger partial charge on any atom is 0.121 e. The standard InChI is InChI=1S/C16H22N2O/c1-12-6-3-4-9-15(12)18-16(11-17)13-7-5-8-14(10-13)19-2/h5,7-8,10,12,15-16,18H,3-4,6,9H2,1-2H3. The van der Waals surface area contributed by atoms with Gasteiger partial charge in [-0.1, -0.05) is 31.9 Å². The van der Waals surface area contributed by atoms with Gasteiger partial charge in [-0.2, -0.15) is 5.26 Å². The maximum atomic E-state index is 9.41. The second-order valence-electron chi connectivity index (χ2n) is 5.37. The lowest BCUT2D eigenvalue weighted by Gasteiger charge is -2.31. The van der Waals surface area contributed by atoms with Crippen LogP contribution in [0.3, 0.4) is 0 Å². The third-order valence-corrected chi connectivity index (χ3v) is 4.05. The molecule has 19 heavy (non-hydrogen) atoms. The molecule has 3 atom stereocenters. The van der Waals surface area contributed by atoms with Crippen molar-refractivity contribution < 1.29 is 4.74 Å². The maximum absolute atomic E-state index is 9.41. The molecule has 3 unspecified atom stereocenters. The van der Waals surface area contributed by atoms with Crippen LogP contribution in [0, 0.1) is 17.2 Å². The first kappa shape index (κ1) is 13.9. The summed E-state index contributed by atoms with van der Waals surface area (Å²) in [6.07, 6.45) is 5.01. The van der Waals surface area contributed by atoms with Crippen LogP contribution in [0.25, 0.3) is 0 Å². The molecule has 0 bridgehead atoms. The van der Waals surface area contributed by atoms with Gasteiger partial charge in [0.05, 0.1) is 13.2 Å². The number of methoxy groups -OCH3 is 1. The van der Waals surface area contributed by atoms with E-state index in [1.807, 2.05) is 24.3 Å². The van der Waals surface area contributed by atoms with E-state index >= 15 is 0 Å². The summed E-state index contributed by atoms with van der Waals surface area (Å²) >= 11 is 0. The van der Waals surface area contributed by atoms with Crippen molar-refractivity contribution in [1.82, 2.24) is 5.32 Å². The fraction of sp³-hybridized carbons (Fsp3) is 0.562. The Morgan fingerprint density at radius 1 is 1.37 bits per heavy atom. The monoisotopic (exact) mass is 258 g/mol. The second kappa shape index (κ2) is 6.58. The molecule has 1 aromatic carbocycles. The molecule has 1 aliphatic rings.